The van der Waals surface area contributed by atoms with Crippen molar-refractivity contribution in [3.8, 4) is 0 Å². The molecule has 32 heavy (non-hydrogen) atoms. The highest BCUT2D eigenvalue weighted by molar-refractivity contribution is 5.87. The highest BCUT2D eigenvalue weighted by Gasteiger charge is 2.48. The van der Waals surface area contributed by atoms with Crippen LogP contribution in [-0.4, -0.2) is 49.6 Å². The lowest BCUT2D eigenvalue weighted by Gasteiger charge is -2.33. The van der Waals surface area contributed by atoms with Gasteiger partial charge >= 0.3 is 29.8 Å². The molecule has 2 atom stereocenters. The molecule has 0 aromatic heterocycles. The summed E-state index contributed by atoms with van der Waals surface area (Å²) < 4.78 is 71.2. The number of halogens is 4. The molecule has 0 saturated heterocycles. The maximum absolute atomic E-state index is 14.2. The van der Waals surface area contributed by atoms with E-state index in [9.17, 15) is 31.9 Å². The molecular weight excluding hydrogens is 436 g/mol. The lowest BCUT2D eigenvalue weighted by atomic mass is 9.87. The molecule has 0 amide bonds. The molecule has 0 aliphatic heterocycles. The quantitative estimate of drug-likeness (QED) is 0.155. The Labute approximate surface area is 186 Å². The lowest BCUT2D eigenvalue weighted by molar-refractivity contribution is -0.193. The van der Waals surface area contributed by atoms with Gasteiger partial charge in [0, 0.05) is 17.4 Å². The highest BCUT2D eigenvalue weighted by Crippen LogP contribution is 2.33. The minimum absolute atomic E-state index is 0.000829. The van der Waals surface area contributed by atoms with Crippen molar-refractivity contribution in [3.63, 3.8) is 0 Å². The Morgan fingerprint density at radius 1 is 0.781 bits per heavy atom. The Kier molecular flexibility index (Phi) is 11.4. The Bertz CT molecular complexity index is 639. The molecule has 0 aliphatic carbocycles. The molecule has 0 fully saturated rings. The first kappa shape index (κ1) is 29.9. The van der Waals surface area contributed by atoms with Crippen molar-refractivity contribution < 1.29 is 46.2 Å². The van der Waals surface area contributed by atoms with Crippen molar-refractivity contribution in [2.24, 2.45) is 17.3 Å². The fourth-order valence-corrected chi connectivity index (χ4v) is 2.32. The van der Waals surface area contributed by atoms with E-state index in [4.69, 9.17) is 14.2 Å². The number of hydrogen-bond donors (Lipinski definition) is 0. The third kappa shape index (κ3) is 7.78. The van der Waals surface area contributed by atoms with E-state index < -0.39 is 66.8 Å². The van der Waals surface area contributed by atoms with E-state index in [1.54, 1.807) is 0 Å². The van der Waals surface area contributed by atoms with Crippen LogP contribution in [0.4, 0.5) is 17.6 Å². The molecule has 0 radical (unpaired) electrons. The van der Waals surface area contributed by atoms with Gasteiger partial charge in [0.15, 0.2) is 0 Å². The molecule has 0 aromatic rings. The average molecular weight is 471 g/mol. The van der Waals surface area contributed by atoms with Crippen LogP contribution in [0.15, 0.2) is 12.2 Å². The molecule has 0 aromatic carbocycles. The second-order valence-electron chi connectivity index (χ2n) is 8.23. The smallest absolute Gasteiger partial charge is 0.377 e. The zero-order chi connectivity index (χ0) is 25.3. The SMILES string of the molecule is C=C(C)C(=O)OCC(CC)(COC(=O)C(F)(F)C(C)CC)COC(=O)C(F)(F)C(C)CC. The van der Waals surface area contributed by atoms with Crippen LogP contribution >= 0.6 is 0 Å². The van der Waals surface area contributed by atoms with Crippen LogP contribution in [0.1, 0.15) is 60.8 Å². The van der Waals surface area contributed by atoms with E-state index in [0.29, 0.717) is 0 Å². The van der Waals surface area contributed by atoms with Crippen molar-refractivity contribution in [1.82, 2.24) is 0 Å². The van der Waals surface area contributed by atoms with E-state index in [0.717, 1.165) is 0 Å². The molecular formula is C22H34F4O6. The summed E-state index contributed by atoms with van der Waals surface area (Å²) >= 11 is 0. The van der Waals surface area contributed by atoms with Gasteiger partial charge < -0.3 is 14.2 Å². The van der Waals surface area contributed by atoms with Gasteiger partial charge in [-0.25, -0.2) is 14.4 Å². The van der Waals surface area contributed by atoms with E-state index in [2.05, 4.69) is 6.58 Å². The Morgan fingerprint density at radius 3 is 1.41 bits per heavy atom. The van der Waals surface area contributed by atoms with Gasteiger partial charge in [0.2, 0.25) is 0 Å². The number of esters is 3. The van der Waals surface area contributed by atoms with Crippen LogP contribution < -0.4 is 0 Å². The standard InChI is InChI=1S/C22H34F4O6/c1-8-15(6)21(23,24)18(28)31-12-20(10-3,11-30-17(27)14(4)5)13-32-19(29)22(25,26)16(7)9-2/h15-16H,4,8-13H2,1-3,5-7H3. The summed E-state index contributed by atoms with van der Waals surface area (Å²) in [4.78, 5) is 35.7. The Hall–Kier alpha value is -2.13. The second-order valence-corrected chi connectivity index (χ2v) is 8.23. The summed E-state index contributed by atoms with van der Waals surface area (Å²) in [5.74, 6) is -14.6. The van der Waals surface area contributed by atoms with Gasteiger partial charge in [0.05, 0.1) is 5.41 Å². The zero-order valence-electron chi connectivity index (χ0n) is 19.6. The number of alkyl halides is 4. The summed E-state index contributed by atoms with van der Waals surface area (Å²) in [7, 11) is 0. The molecule has 6 nitrogen and oxygen atoms in total. The van der Waals surface area contributed by atoms with Crippen LogP contribution in [0.25, 0.3) is 0 Å². The van der Waals surface area contributed by atoms with Crippen molar-refractivity contribution in [2.45, 2.75) is 72.6 Å². The molecule has 10 heteroatoms. The minimum Gasteiger partial charge on any atom is -0.461 e. The van der Waals surface area contributed by atoms with E-state index in [1.807, 2.05) is 0 Å². The van der Waals surface area contributed by atoms with Gasteiger partial charge in [-0.2, -0.15) is 17.6 Å². The fourth-order valence-electron chi connectivity index (χ4n) is 2.32. The molecule has 0 N–H and O–H groups in total. The number of ether oxygens (including phenoxy) is 3. The second kappa shape index (κ2) is 12.2. The molecule has 186 valence electrons. The van der Waals surface area contributed by atoms with Crippen molar-refractivity contribution in [1.29, 1.82) is 0 Å². The van der Waals surface area contributed by atoms with E-state index in [1.165, 1.54) is 41.5 Å². The predicted molar refractivity (Wildman–Crippen MR) is 109 cm³/mol. The van der Waals surface area contributed by atoms with Crippen LogP contribution in [0.5, 0.6) is 0 Å². The summed E-state index contributed by atoms with van der Waals surface area (Å²) in [6, 6.07) is 0. The summed E-state index contributed by atoms with van der Waals surface area (Å²) in [5.41, 5.74) is -1.47. The number of carbonyl (C=O) groups is 3. The highest BCUT2D eigenvalue weighted by atomic mass is 19.3. The van der Waals surface area contributed by atoms with Crippen LogP contribution in [0, 0.1) is 17.3 Å². The van der Waals surface area contributed by atoms with Crippen molar-refractivity contribution in [2.75, 3.05) is 19.8 Å². The molecule has 0 spiro atoms. The maximum atomic E-state index is 14.2. The monoisotopic (exact) mass is 470 g/mol. The topological polar surface area (TPSA) is 78.9 Å². The van der Waals surface area contributed by atoms with Gasteiger partial charge in [-0.1, -0.05) is 41.2 Å². The molecule has 0 aliphatic rings. The summed E-state index contributed by atoms with van der Waals surface area (Å²) in [6.45, 7) is 9.63. The van der Waals surface area contributed by atoms with Crippen molar-refractivity contribution >= 4 is 17.9 Å². The molecule has 0 rings (SSSR count). The molecule has 0 heterocycles. The Balaban J connectivity index is 5.60. The van der Waals surface area contributed by atoms with Gasteiger partial charge in [-0.15, -0.1) is 0 Å². The maximum Gasteiger partial charge on any atom is 0.377 e. The molecule has 0 bridgehead atoms. The minimum atomic E-state index is -3.77. The predicted octanol–water partition coefficient (Wildman–Crippen LogP) is 4.95. The van der Waals surface area contributed by atoms with Gasteiger partial charge in [-0.3, -0.25) is 0 Å². The van der Waals surface area contributed by atoms with Crippen molar-refractivity contribution in [3.05, 3.63) is 12.2 Å². The van der Waals surface area contributed by atoms with Gasteiger partial charge in [0.1, 0.15) is 19.8 Å². The third-order valence-corrected chi connectivity index (χ3v) is 5.63. The first-order valence-corrected chi connectivity index (χ1v) is 10.5. The van der Waals surface area contributed by atoms with Crippen LogP contribution in [0.2, 0.25) is 0 Å². The third-order valence-electron chi connectivity index (χ3n) is 5.63. The summed E-state index contributed by atoms with van der Waals surface area (Å²) in [6.07, 6.45) is 0.0277. The lowest BCUT2D eigenvalue weighted by Crippen LogP contribution is -2.45. The van der Waals surface area contributed by atoms with Gasteiger partial charge in [0.25, 0.3) is 0 Å². The largest absolute Gasteiger partial charge is 0.461 e. The van der Waals surface area contributed by atoms with E-state index in [-0.39, 0.29) is 24.8 Å². The first-order valence-electron chi connectivity index (χ1n) is 10.5. The zero-order valence-corrected chi connectivity index (χ0v) is 19.6. The average Bonchev–Trinajstić information content (AvgIpc) is 2.76. The van der Waals surface area contributed by atoms with Gasteiger partial charge in [-0.05, 0) is 26.2 Å². The molecule has 2 unspecified atom stereocenters. The first-order chi connectivity index (χ1) is 14.6. The molecule has 0 saturated carbocycles. The fraction of sp³-hybridized carbons (Fsp3) is 0.773. The Morgan fingerprint density at radius 2 is 1.12 bits per heavy atom. The summed E-state index contributed by atoms with van der Waals surface area (Å²) in [5, 5.41) is 0. The van der Waals surface area contributed by atoms with Crippen LogP contribution in [-0.2, 0) is 28.6 Å². The normalized spacial score (nSPS) is 15.8. The van der Waals surface area contributed by atoms with Crippen LogP contribution in [0.3, 0.4) is 0 Å². The van der Waals surface area contributed by atoms with E-state index >= 15 is 0 Å². The number of hydrogen-bond acceptors (Lipinski definition) is 6. The number of rotatable bonds is 14. The number of carbonyl (C=O) groups excluding carboxylic acids is 3.